The number of hydrogen-bond donors (Lipinski definition) is 0. The van der Waals surface area contributed by atoms with Gasteiger partial charge >= 0.3 is 6.03 Å². The molecule has 0 N–H and O–H groups in total. The van der Waals surface area contributed by atoms with E-state index in [4.69, 9.17) is 18.9 Å². The molecule has 7 heteroatoms. The largest absolute Gasteiger partial charge is 0.493 e. The maximum Gasteiger partial charge on any atom is 0.321 e. The van der Waals surface area contributed by atoms with Gasteiger partial charge in [-0.1, -0.05) is 72.8 Å². The third kappa shape index (κ3) is 5.34. The Labute approximate surface area is 292 Å². The maximum atomic E-state index is 15.4. The first-order valence-corrected chi connectivity index (χ1v) is 17.1. The third-order valence-corrected chi connectivity index (χ3v) is 10.4. The fourth-order valence-electron chi connectivity index (χ4n) is 7.94. The van der Waals surface area contributed by atoms with Crippen molar-refractivity contribution in [2.24, 2.45) is 0 Å². The highest BCUT2D eigenvalue weighted by Crippen LogP contribution is 2.45. The van der Waals surface area contributed by atoms with E-state index < -0.39 is 0 Å². The number of rotatable bonds is 6. The number of ether oxygens (including phenoxy) is 4. The summed E-state index contributed by atoms with van der Waals surface area (Å²) in [5, 5.41) is 4.58. The van der Waals surface area contributed by atoms with Crippen LogP contribution in [-0.4, -0.2) is 57.4 Å². The van der Waals surface area contributed by atoms with E-state index >= 15 is 4.79 Å². The Morgan fingerprint density at radius 1 is 0.500 bits per heavy atom. The van der Waals surface area contributed by atoms with Gasteiger partial charge in [-0.05, 0) is 104 Å². The lowest BCUT2D eigenvalue weighted by molar-refractivity contribution is 0.123. The SMILES string of the molecule is COc1cc2c(cc1OC)[C@H](c1ccc3ccccc3c1)N(C(=O)N1CCc3cc(OC)c(OC)cc3[C@@H]1c1ccc3ccccc3c1)CC2. The summed E-state index contributed by atoms with van der Waals surface area (Å²) in [5.74, 6) is 2.68. The number of urea groups is 1. The molecule has 2 aliphatic heterocycles. The Hall–Kier alpha value is -5.69. The molecule has 0 spiro atoms. The molecule has 0 unspecified atom stereocenters. The Kier molecular flexibility index (Phi) is 8.19. The quantitative estimate of drug-likeness (QED) is 0.178. The standard InChI is InChI=1S/C43H40N2O5/c1-47-37-23-31-17-19-44(41(35(31)25-39(37)49-3)33-15-13-27-9-5-7-11-29(27)21-33)43(46)45-20-18-32-24-38(48-2)40(50-4)26-36(32)42(45)34-16-14-28-10-6-8-12-30(28)22-34/h5-16,21-26,41-42H,17-20H2,1-4H3/t41-,42-/m0/s1. The van der Waals surface area contributed by atoms with Gasteiger partial charge in [0.2, 0.25) is 0 Å². The number of nitrogens with zero attached hydrogens (tertiary/aromatic N) is 2. The molecule has 6 aromatic rings. The fraction of sp³-hybridized carbons (Fsp3) is 0.233. The molecule has 252 valence electrons. The summed E-state index contributed by atoms with van der Waals surface area (Å²) in [4.78, 5) is 19.5. The molecule has 0 aliphatic carbocycles. The van der Waals surface area contributed by atoms with Gasteiger partial charge < -0.3 is 28.7 Å². The van der Waals surface area contributed by atoms with E-state index in [0.717, 1.165) is 54.9 Å². The van der Waals surface area contributed by atoms with Crippen molar-refractivity contribution in [1.82, 2.24) is 9.80 Å². The maximum absolute atomic E-state index is 15.4. The zero-order valence-electron chi connectivity index (χ0n) is 28.8. The first-order chi connectivity index (χ1) is 24.5. The molecular formula is C43H40N2O5. The molecule has 0 fully saturated rings. The van der Waals surface area contributed by atoms with Gasteiger partial charge in [-0.15, -0.1) is 0 Å². The van der Waals surface area contributed by atoms with Gasteiger partial charge in [0.1, 0.15) is 0 Å². The molecule has 2 aliphatic rings. The van der Waals surface area contributed by atoms with Crippen molar-refractivity contribution >= 4 is 27.6 Å². The minimum absolute atomic E-state index is 0.0119. The first-order valence-electron chi connectivity index (χ1n) is 17.1. The van der Waals surface area contributed by atoms with E-state index in [1.807, 2.05) is 0 Å². The van der Waals surface area contributed by atoms with E-state index in [-0.39, 0.29) is 18.1 Å². The van der Waals surface area contributed by atoms with Crippen molar-refractivity contribution in [1.29, 1.82) is 0 Å². The number of carbonyl (C=O) groups excluding carboxylic acids is 1. The Bertz CT molecular complexity index is 2090. The predicted molar refractivity (Wildman–Crippen MR) is 197 cm³/mol. The van der Waals surface area contributed by atoms with E-state index in [2.05, 4.69) is 119 Å². The third-order valence-electron chi connectivity index (χ3n) is 10.4. The normalized spacial score (nSPS) is 16.9. The molecule has 0 bridgehead atoms. The summed E-state index contributed by atoms with van der Waals surface area (Å²) < 4.78 is 23.0. The van der Waals surface area contributed by atoms with E-state index in [0.29, 0.717) is 48.9 Å². The fourth-order valence-corrected chi connectivity index (χ4v) is 7.94. The average molecular weight is 665 g/mol. The Morgan fingerprint density at radius 2 is 0.880 bits per heavy atom. The molecular weight excluding hydrogens is 624 g/mol. The van der Waals surface area contributed by atoms with Crippen LogP contribution in [0.4, 0.5) is 4.79 Å². The summed E-state index contributed by atoms with van der Waals surface area (Å²) >= 11 is 0. The van der Waals surface area contributed by atoms with Gasteiger partial charge in [0.15, 0.2) is 23.0 Å². The van der Waals surface area contributed by atoms with Crippen LogP contribution < -0.4 is 18.9 Å². The second kappa shape index (κ2) is 13.0. The molecule has 0 saturated carbocycles. The second-order valence-electron chi connectivity index (χ2n) is 13.0. The van der Waals surface area contributed by atoms with Gasteiger partial charge in [0, 0.05) is 13.1 Å². The average Bonchev–Trinajstić information content (AvgIpc) is 3.18. The van der Waals surface area contributed by atoms with Crippen LogP contribution in [-0.2, 0) is 12.8 Å². The van der Waals surface area contributed by atoms with Crippen LogP contribution in [0.2, 0.25) is 0 Å². The van der Waals surface area contributed by atoms with Crippen LogP contribution in [0.15, 0.2) is 109 Å². The van der Waals surface area contributed by atoms with Crippen LogP contribution in [0, 0.1) is 0 Å². The molecule has 8 rings (SSSR count). The highest BCUT2D eigenvalue weighted by Gasteiger charge is 2.40. The number of fused-ring (bicyclic) bond motifs is 4. The number of amides is 2. The van der Waals surface area contributed by atoms with E-state index in [9.17, 15) is 0 Å². The topological polar surface area (TPSA) is 60.5 Å². The number of hydrogen-bond acceptors (Lipinski definition) is 5. The zero-order chi connectivity index (χ0) is 34.4. The minimum atomic E-state index is -0.334. The van der Waals surface area contributed by atoms with E-state index in [1.54, 1.807) is 28.4 Å². The number of methoxy groups -OCH3 is 4. The highest BCUT2D eigenvalue weighted by molar-refractivity contribution is 5.85. The summed E-state index contributed by atoms with van der Waals surface area (Å²) in [7, 11) is 6.64. The monoisotopic (exact) mass is 664 g/mol. The minimum Gasteiger partial charge on any atom is -0.493 e. The van der Waals surface area contributed by atoms with Crippen LogP contribution in [0.1, 0.15) is 45.5 Å². The number of benzene rings is 6. The van der Waals surface area contributed by atoms with Gasteiger partial charge in [0.05, 0.1) is 40.5 Å². The van der Waals surface area contributed by atoms with Gasteiger partial charge in [0.25, 0.3) is 0 Å². The summed E-state index contributed by atoms with van der Waals surface area (Å²) in [6, 6.07) is 37.3. The summed E-state index contributed by atoms with van der Waals surface area (Å²) in [6.45, 7) is 1.11. The van der Waals surface area contributed by atoms with Crippen molar-refractivity contribution in [3.63, 3.8) is 0 Å². The molecule has 0 radical (unpaired) electrons. The van der Waals surface area contributed by atoms with Crippen molar-refractivity contribution in [2.45, 2.75) is 24.9 Å². The molecule has 2 amide bonds. The molecule has 2 atom stereocenters. The van der Waals surface area contributed by atoms with Gasteiger partial charge in [-0.25, -0.2) is 4.79 Å². The van der Waals surface area contributed by atoms with Crippen molar-refractivity contribution < 1.29 is 23.7 Å². The predicted octanol–water partition coefficient (Wildman–Crippen LogP) is 8.74. The number of carbonyl (C=O) groups is 1. The highest BCUT2D eigenvalue weighted by atomic mass is 16.5. The smallest absolute Gasteiger partial charge is 0.321 e. The van der Waals surface area contributed by atoms with Gasteiger partial charge in [-0.2, -0.15) is 0 Å². The molecule has 7 nitrogen and oxygen atoms in total. The van der Waals surface area contributed by atoms with Gasteiger partial charge in [-0.3, -0.25) is 0 Å². The first kappa shape index (κ1) is 31.6. The molecule has 0 aromatic heterocycles. The van der Waals surface area contributed by atoms with Crippen molar-refractivity contribution in [3.05, 3.63) is 143 Å². The zero-order valence-corrected chi connectivity index (χ0v) is 28.8. The van der Waals surface area contributed by atoms with Crippen molar-refractivity contribution in [2.75, 3.05) is 41.5 Å². The second-order valence-corrected chi connectivity index (χ2v) is 13.0. The van der Waals surface area contributed by atoms with Crippen LogP contribution >= 0.6 is 0 Å². The Balaban J connectivity index is 1.28. The lowest BCUT2D eigenvalue weighted by Crippen LogP contribution is -2.51. The van der Waals surface area contributed by atoms with E-state index in [1.165, 1.54) is 0 Å². The lowest BCUT2D eigenvalue weighted by atomic mass is 9.85. The summed E-state index contributed by atoms with van der Waals surface area (Å²) in [6.07, 6.45) is 1.39. The van der Waals surface area contributed by atoms with Crippen LogP contribution in [0.3, 0.4) is 0 Å². The summed E-state index contributed by atoms with van der Waals surface area (Å²) in [5.41, 5.74) is 6.49. The van der Waals surface area contributed by atoms with Crippen LogP contribution in [0.25, 0.3) is 21.5 Å². The Morgan fingerprint density at radius 3 is 1.28 bits per heavy atom. The molecule has 6 aromatic carbocycles. The molecule has 2 heterocycles. The molecule has 50 heavy (non-hydrogen) atoms. The van der Waals surface area contributed by atoms with Crippen LogP contribution in [0.5, 0.6) is 23.0 Å². The molecule has 0 saturated heterocycles. The lowest BCUT2D eigenvalue weighted by Gasteiger charge is -2.45. The van der Waals surface area contributed by atoms with Crippen molar-refractivity contribution in [3.8, 4) is 23.0 Å².